The second kappa shape index (κ2) is 11.9. The molecule has 0 aromatic carbocycles. The molecule has 0 bridgehead atoms. The first-order chi connectivity index (χ1) is 16.5. The molecule has 0 unspecified atom stereocenters. The lowest BCUT2D eigenvalue weighted by atomic mass is 9.83. The van der Waals surface area contributed by atoms with Crippen LogP contribution in [-0.4, -0.2) is 130 Å². The van der Waals surface area contributed by atoms with Crippen LogP contribution in [-0.2, 0) is 18.9 Å². The van der Waals surface area contributed by atoms with Crippen LogP contribution in [0.5, 0.6) is 0 Å². The number of rotatable bonds is 7. The Morgan fingerprint density at radius 3 is 2.11 bits per heavy atom. The fraction of sp³-hybridized carbons (Fsp3) is 0.947. The lowest BCUT2D eigenvalue weighted by Crippen LogP contribution is -2.69. The molecule has 16 N–H and O–H groups in total. The molecular weight excluding hydrogens is 472 g/mol. The van der Waals surface area contributed by atoms with E-state index in [0.717, 1.165) is 0 Å². The summed E-state index contributed by atoms with van der Waals surface area (Å²) in [7, 11) is 0. The molecule has 0 radical (unpaired) electrons. The third-order valence-corrected chi connectivity index (χ3v) is 6.70. The zero-order chi connectivity index (χ0) is 26.0. The van der Waals surface area contributed by atoms with Gasteiger partial charge in [0, 0.05) is 12.6 Å². The van der Waals surface area contributed by atoms with Crippen molar-refractivity contribution in [2.75, 3.05) is 13.2 Å². The number of carbonyl (C=O) groups is 1. The van der Waals surface area contributed by atoms with Crippen LogP contribution in [0.15, 0.2) is 0 Å². The van der Waals surface area contributed by atoms with E-state index >= 15 is 0 Å². The SMILES string of the molecule is NC[C@H]1O[C@H](O[C@H]2[C@H](O)[C@@H](O[C@H]3O[C@H](CO)[C@@H](O)[C@@H](N)[C@H]3O)[C@H](N)C[C@@H]2NC(N)=O)[C@H](N)C[C@@H]1O. The van der Waals surface area contributed by atoms with E-state index in [4.69, 9.17) is 47.6 Å². The summed E-state index contributed by atoms with van der Waals surface area (Å²) in [5.41, 5.74) is 29.0. The number of ether oxygens (including phenoxy) is 4. The summed E-state index contributed by atoms with van der Waals surface area (Å²) in [5.74, 6) is 0. The molecule has 0 aromatic rings. The van der Waals surface area contributed by atoms with Crippen LogP contribution in [0.25, 0.3) is 0 Å². The highest BCUT2D eigenvalue weighted by Crippen LogP contribution is 2.31. The second-order valence-corrected chi connectivity index (χ2v) is 9.24. The van der Waals surface area contributed by atoms with E-state index in [1.807, 2.05) is 0 Å². The number of carbonyl (C=O) groups excluding carboxylic acids is 1. The maximum atomic E-state index is 11.6. The number of hydrogen-bond donors (Lipinski definition) is 11. The molecule has 2 amide bonds. The molecule has 16 nitrogen and oxygen atoms in total. The highest BCUT2D eigenvalue weighted by atomic mass is 16.7. The van der Waals surface area contributed by atoms with Crippen LogP contribution in [0.4, 0.5) is 4.79 Å². The van der Waals surface area contributed by atoms with Crippen molar-refractivity contribution >= 4 is 6.03 Å². The van der Waals surface area contributed by atoms with Crippen LogP contribution in [0.3, 0.4) is 0 Å². The Balaban J connectivity index is 1.78. The number of aliphatic hydroxyl groups is 5. The molecule has 0 spiro atoms. The van der Waals surface area contributed by atoms with Crippen LogP contribution < -0.4 is 34.0 Å². The summed E-state index contributed by atoms with van der Waals surface area (Å²) in [4.78, 5) is 11.6. The molecule has 3 aliphatic rings. The predicted molar refractivity (Wildman–Crippen MR) is 117 cm³/mol. The van der Waals surface area contributed by atoms with E-state index in [1.54, 1.807) is 0 Å². The van der Waals surface area contributed by atoms with E-state index in [0.29, 0.717) is 0 Å². The number of primary amides is 1. The number of amides is 2. The molecule has 2 heterocycles. The lowest BCUT2D eigenvalue weighted by Gasteiger charge is -2.48. The largest absolute Gasteiger partial charge is 0.394 e. The summed E-state index contributed by atoms with van der Waals surface area (Å²) in [5, 5.41) is 53.6. The van der Waals surface area contributed by atoms with Gasteiger partial charge in [0.25, 0.3) is 0 Å². The maximum absolute atomic E-state index is 11.6. The van der Waals surface area contributed by atoms with Gasteiger partial charge in [0.1, 0.15) is 36.6 Å². The van der Waals surface area contributed by atoms with Crippen molar-refractivity contribution in [2.45, 2.75) is 98.4 Å². The number of nitrogens with two attached hydrogens (primary N) is 5. The molecule has 1 saturated carbocycles. The van der Waals surface area contributed by atoms with Crippen LogP contribution in [0, 0.1) is 0 Å². The topological polar surface area (TPSA) is 297 Å². The van der Waals surface area contributed by atoms with Gasteiger partial charge in [-0.3, -0.25) is 0 Å². The van der Waals surface area contributed by atoms with Crippen LogP contribution >= 0.6 is 0 Å². The first kappa shape index (κ1) is 28.3. The predicted octanol–water partition coefficient (Wildman–Crippen LogP) is -6.59. The number of nitrogens with one attached hydrogen (secondary N) is 1. The van der Waals surface area contributed by atoms with Crippen molar-refractivity contribution in [3.63, 3.8) is 0 Å². The van der Waals surface area contributed by atoms with Gasteiger partial charge in [-0.2, -0.15) is 0 Å². The summed E-state index contributed by atoms with van der Waals surface area (Å²) >= 11 is 0. The minimum Gasteiger partial charge on any atom is -0.394 e. The van der Waals surface area contributed by atoms with Gasteiger partial charge in [-0.15, -0.1) is 0 Å². The molecule has 35 heavy (non-hydrogen) atoms. The third-order valence-electron chi connectivity index (χ3n) is 6.70. The van der Waals surface area contributed by atoms with Crippen LogP contribution in [0.2, 0.25) is 0 Å². The molecule has 16 heteroatoms. The zero-order valence-electron chi connectivity index (χ0n) is 19.1. The fourth-order valence-electron chi connectivity index (χ4n) is 4.71. The Labute approximate surface area is 201 Å². The van der Waals surface area contributed by atoms with Crippen molar-refractivity contribution in [3.8, 4) is 0 Å². The Kier molecular flexibility index (Phi) is 9.60. The van der Waals surface area contributed by atoms with Gasteiger partial charge in [0.05, 0.1) is 36.9 Å². The number of urea groups is 1. The fourth-order valence-corrected chi connectivity index (χ4v) is 4.71. The summed E-state index contributed by atoms with van der Waals surface area (Å²) < 4.78 is 22.8. The second-order valence-electron chi connectivity index (χ2n) is 9.24. The molecule has 204 valence electrons. The molecule has 3 fully saturated rings. The Hall–Kier alpha value is -1.25. The number of hydrogen-bond acceptors (Lipinski definition) is 14. The number of aliphatic hydroxyl groups excluding tert-OH is 5. The van der Waals surface area contributed by atoms with E-state index in [9.17, 15) is 30.3 Å². The average Bonchev–Trinajstić information content (AvgIpc) is 2.79. The average molecular weight is 511 g/mol. The van der Waals surface area contributed by atoms with E-state index in [2.05, 4.69) is 5.32 Å². The van der Waals surface area contributed by atoms with Gasteiger partial charge in [-0.1, -0.05) is 0 Å². The van der Waals surface area contributed by atoms with Crippen molar-refractivity contribution in [2.24, 2.45) is 28.7 Å². The van der Waals surface area contributed by atoms with Crippen molar-refractivity contribution in [3.05, 3.63) is 0 Å². The standard InChI is InChI=1S/C19H38N6O10/c20-3-9-8(27)2-6(22)17(32-9)35-16-7(25-19(24)31)1-5(21)15(14(16)30)34-18-13(29)11(23)12(28)10(4-26)33-18/h5-18,26-30H,1-4,20-23H2,(H3,24,25,31)/t5-,6-,7+,8+,9-,10-,11-,12-,13-,14-,15+,16-,17-,18-/m1/s1. The molecular formula is C19H38N6O10. The van der Waals surface area contributed by atoms with Crippen molar-refractivity contribution in [1.82, 2.24) is 5.32 Å². The smallest absolute Gasteiger partial charge is 0.312 e. The van der Waals surface area contributed by atoms with E-state index in [1.165, 1.54) is 0 Å². The van der Waals surface area contributed by atoms with Gasteiger partial charge in [-0.05, 0) is 12.8 Å². The summed E-state index contributed by atoms with van der Waals surface area (Å²) in [6.45, 7) is -0.599. The van der Waals surface area contributed by atoms with E-state index < -0.39 is 98.2 Å². The zero-order valence-corrected chi connectivity index (χ0v) is 19.1. The quantitative estimate of drug-likeness (QED) is 0.152. The Morgan fingerprint density at radius 2 is 1.51 bits per heavy atom. The van der Waals surface area contributed by atoms with Gasteiger partial charge in [0.2, 0.25) is 0 Å². The minimum atomic E-state index is -1.51. The molecule has 14 atom stereocenters. The van der Waals surface area contributed by atoms with E-state index in [-0.39, 0.29) is 19.4 Å². The Bertz CT molecular complexity index is 709. The summed E-state index contributed by atoms with van der Waals surface area (Å²) in [6.07, 6.45) is -12.0. The molecule has 2 saturated heterocycles. The monoisotopic (exact) mass is 510 g/mol. The normalized spacial score (nSPS) is 48.9. The molecule has 1 aliphatic carbocycles. The minimum absolute atomic E-state index is 0.00439. The van der Waals surface area contributed by atoms with Gasteiger partial charge >= 0.3 is 6.03 Å². The first-order valence-corrected chi connectivity index (χ1v) is 11.5. The molecule has 2 aliphatic heterocycles. The third kappa shape index (κ3) is 6.19. The maximum Gasteiger partial charge on any atom is 0.312 e. The highest BCUT2D eigenvalue weighted by molar-refractivity contribution is 5.72. The van der Waals surface area contributed by atoms with Crippen molar-refractivity contribution < 1.29 is 49.3 Å². The molecule has 3 rings (SSSR count). The van der Waals surface area contributed by atoms with Gasteiger partial charge in [0.15, 0.2) is 12.6 Å². The molecule has 0 aromatic heterocycles. The highest BCUT2D eigenvalue weighted by Gasteiger charge is 2.51. The first-order valence-electron chi connectivity index (χ1n) is 11.5. The Morgan fingerprint density at radius 1 is 0.886 bits per heavy atom. The summed E-state index contributed by atoms with van der Waals surface area (Å²) in [6, 6.07) is -4.64. The van der Waals surface area contributed by atoms with Gasteiger partial charge in [-0.25, -0.2) is 4.79 Å². The van der Waals surface area contributed by atoms with Gasteiger partial charge < -0.3 is 78.5 Å². The van der Waals surface area contributed by atoms with Crippen LogP contribution in [0.1, 0.15) is 12.8 Å². The van der Waals surface area contributed by atoms with Crippen molar-refractivity contribution in [1.29, 1.82) is 0 Å². The lowest BCUT2D eigenvalue weighted by molar-refractivity contribution is -0.315.